The molecule has 1 aromatic heterocycles. The molecule has 3 aromatic rings. The Hall–Kier alpha value is -2.46. The average molecular weight is 336 g/mol. The molecule has 0 N–H and O–H groups in total. The molecule has 0 aliphatic carbocycles. The van der Waals surface area contributed by atoms with Crippen molar-refractivity contribution in [3.05, 3.63) is 82.8 Å². The van der Waals surface area contributed by atoms with Crippen LogP contribution in [0.2, 0.25) is 0 Å². The van der Waals surface area contributed by atoms with Crippen molar-refractivity contribution in [1.29, 1.82) is 0 Å². The Morgan fingerprint density at radius 1 is 0.958 bits per heavy atom. The monoisotopic (exact) mass is 336 g/mol. The van der Waals surface area contributed by atoms with Crippen LogP contribution in [0, 0.1) is 0 Å². The van der Waals surface area contributed by atoms with E-state index in [-0.39, 0.29) is 5.91 Å². The topological polar surface area (TPSA) is 33.2 Å². The Morgan fingerprint density at radius 3 is 2.33 bits per heavy atom. The summed E-state index contributed by atoms with van der Waals surface area (Å²) in [7, 11) is 0. The maximum atomic E-state index is 12.8. The van der Waals surface area contributed by atoms with E-state index in [0.717, 1.165) is 17.1 Å². The third kappa shape index (κ3) is 4.52. The van der Waals surface area contributed by atoms with Crippen LogP contribution in [0.15, 0.2) is 72.2 Å². The summed E-state index contributed by atoms with van der Waals surface area (Å²) in [6.45, 7) is 0.685. The van der Waals surface area contributed by atoms with Crippen molar-refractivity contribution in [2.75, 3.05) is 11.4 Å². The summed E-state index contributed by atoms with van der Waals surface area (Å²) < 4.78 is 0. The highest BCUT2D eigenvalue weighted by Crippen LogP contribution is 2.17. The Bertz CT molecular complexity index is 742. The summed E-state index contributed by atoms with van der Waals surface area (Å²) in [5.41, 5.74) is 2.20. The van der Waals surface area contributed by atoms with Crippen LogP contribution >= 0.6 is 11.3 Å². The van der Waals surface area contributed by atoms with Gasteiger partial charge in [0.05, 0.1) is 5.01 Å². The number of nitrogens with zero attached hydrogens (tertiary/aromatic N) is 2. The molecular weight excluding hydrogens is 316 g/mol. The number of para-hydroxylation sites is 1. The molecule has 0 atom stereocenters. The van der Waals surface area contributed by atoms with E-state index in [1.165, 1.54) is 5.56 Å². The fourth-order valence-electron chi connectivity index (χ4n) is 2.62. The van der Waals surface area contributed by atoms with Crippen LogP contribution in [0.3, 0.4) is 0 Å². The number of carbonyl (C=O) groups excluding carboxylic acids is 1. The molecule has 0 saturated carbocycles. The van der Waals surface area contributed by atoms with Crippen molar-refractivity contribution < 1.29 is 4.79 Å². The van der Waals surface area contributed by atoms with Gasteiger partial charge in [-0.15, -0.1) is 11.3 Å². The molecule has 3 nitrogen and oxygen atoms in total. The van der Waals surface area contributed by atoms with Gasteiger partial charge in [-0.05, 0) is 24.1 Å². The highest BCUT2D eigenvalue weighted by molar-refractivity contribution is 7.09. The van der Waals surface area contributed by atoms with Gasteiger partial charge in [0.2, 0.25) is 5.91 Å². The minimum Gasteiger partial charge on any atom is -0.312 e. The lowest BCUT2D eigenvalue weighted by molar-refractivity contribution is -0.118. The number of hydrogen-bond acceptors (Lipinski definition) is 3. The summed E-state index contributed by atoms with van der Waals surface area (Å²) in [6, 6.07) is 20.2. The molecule has 0 saturated heterocycles. The number of amides is 1. The van der Waals surface area contributed by atoms with E-state index in [4.69, 9.17) is 0 Å². The van der Waals surface area contributed by atoms with Crippen molar-refractivity contribution in [1.82, 2.24) is 4.98 Å². The molecule has 0 unspecified atom stereocenters. The lowest BCUT2D eigenvalue weighted by Crippen LogP contribution is -2.33. The number of carbonyl (C=O) groups is 1. The number of aryl methyl sites for hydroxylation is 1. The largest absolute Gasteiger partial charge is 0.312 e. The van der Waals surface area contributed by atoms with Gasteiger partial charge in [0, 0.05) is 36.7 Å². The van der Waals surface area contributed by atoms with Gasteiger partial charge in [-0.25, -0.2) is 4.98 Å². The Labute approximate surface area is 146 Å². The van der Waals surface area contributed by atoms with E-state index in [2.05, 4.69) is 17.1 Å². The minimum absolute atomic E-state index is 0.146. The van der Waals surface area contributed by atoms with Crippen molar-refractivity contribution in [2.24, 2.45) is 0 Å². The van der Waals surface area contributed by atoms with Gasteiger partial charge in [-0.1, -0.05) is 48.5 Å². The van der Waals surface area contributed by atoms with Crippen molar-refractivity contribution in [2.45, 2.75) is 19.3 Å². The quantitative estimate of drug-likeness (QED) is 0.642. The molecule has 0 fully saturated rings. The van der Waals surface area contributed by atoms with Gasteiger partial charge in [-0.3, -0.25) is 4.79 Å². The summed E-state index contributed by atoms with van der Waals surface area (Å²) in [4.78, 5) is 18.9. The number of thiazole rings is 1. The maximum Gasteiger partial charge on any atom is 0.227 e. The molecule has 2 aromatic carbocycles. The normalized spacial score (nSPS) is 10.5. The van der Waals surface area contributed by atoms with Crippen molar-refractivity contribution in [3.63, 3.8) is 0 Å². The van der Waals surface area contributed by atoms with E-state index >= 15 is 0 Å². The number of aromatic nitrogens is 1. The predicted molar refractivity (Wildman–Crippen MR) is 99.4 cm³/mol. The second-order valence-corrected chi connectivity index (χ2v) is 6.52. The minimum atomic E-state index is 0.146. The van der Waals surface area contributed by atoms with E-state index in [9.17, 15) is 4.79 Å². The van der Waals surface area contributed by atoms with Crippen LogP contribution < -0.4 is 4.90 Å². The molecule has 3 rings (SSSR count). The maximum absolute atomic E-state index is 12.8. The lowest BCUT2D eigenvalue weighted by atomic mass is 10.1. The van der Waals surface area contributed by atoms with Crippen LogP contribution in [0.5, 0.6) is 0 Å². The van der Waals surface area contributed by atoms with E-state index in [1.807, 2.05) is 58.8 Å². The van der Waals surface area contributed by atoms with Crippen LogP contribution in [0.1, 0.15) is 17.0 Å². The van der Waals surface area contributed by atoms with Gasteiger partial charge in [0.1, 0.15) is 0 Å². The SMILES string of the molecule is O=C(CCc1nccs1)N(CCc1ccccc1)c1ccccc1. The lowest BCUT2D eigenvalue weighted by Gasteiger charge is -2.23. The van der Waals surface area contributed by atoms with E-state index < -0.39 is 0 Å². The van der Waals surface area contributed by atoms with Gasteiger partial charge in [0.15, 0.2) is 0 Å². The zero-order valence-corrected chi connectivity index (χ0v) is 14.3. The molecule has 0 radical (unpaired) electrons. The van der Waals surface area contributed by atoms with Gasteiger partial charge in [0.25, 0.3) is 0 Å². The Balaban J connectivity index is 1.68. The predicted octanol–water partition coefficient (Wildman–Crippen LogP) is 4.35. The van der Waals surface area contributed by atoms with Gasteiger partial charge >= 0.3 is 0 Å². The molecule has 0 bridgehead atoms. The molecule has 0 aliphatic heterocycles. The molecule has 0 aliphatic rings. The second-order valence-electron chi connectivity index (χ2n) is 5.54. The van der Waals surface area contributed by atoms with Crippen LogP contribution in [-0.4, -0.2) is 17.4 Å². The third-order valence-electron chi connectivity index (χ3n) is 3.87. The average Bonchev–Trinajstić information content (AvgIpc) is 3.15. The molecule has 1 amide bonds. The van der Waals surface area contributed by atoms with Crippen molar-refractivity contribution >= 4 is 22.9 Å². The summed E-state index contributed by atoms with van der Waals surface area (Å²) >= 11 is 1.60. The molecule has 4 heteroatoms. The van der Waals surface area contributed by atoms with Gasteiger partial charge < -0.3 is 4.90 Å². The second kappa shape index (κ2) is 8.41. The Kier molecular flexibility index (Phi) is 5.75. The summed E-state index contributed by atoms with van der Waals surface area (Å²) in [5.74, 6) is 0.146. The number of rotatable bonds is 7. The standard InChI is InChI=1S/C20H20N2OS/c23-20(12-11-19-21-14-16-24-19)22(18-9-5-2-6-10-18)15-13-17-7-3-1-4-8-17/h1-10,14,16H,11-13,15H2. The number of hydrogen-bond donors (Lipinski definition) is 0. The van der Waals surface area contributed by atoms with Gasteiger partial charge in [-0.2, -0.15) is 0 Å². The molecular formula is C20H20N2OS. The number of benzene rings is 2. The van der Waals surface area contributed by atoms with Crippen LogP contribution in [0.4, 0.5) is 5.69 Å². The van der Waals surface area contributed by atoms with E-state index in [0.29, 0.717) is 19.4 Å². The summed E-state index contributed by atoms with van der Waals surface area (Å²) in [6.07, 6.45) is 3.82. The molecule has 122 valence electrons. The highest BCUT2D eigenvalue weighted by atomic mass is 32.1. The first kappa shape index (κ1) is 16.4. The van der Waals surface area contributed by atoms with Crippen molar-refractivity contribution in [3.8, 4) is 0 Å². The smallest absolute Gasteiger partial charge is 0.227 e. The Morgan fingerprint density at radius 2 is 1.67 bits per heavy atom. The zero-order valence-electron chi connectivity index (χ0n) is 13.5. The van der Waals surface area contributed by atoms with Crippen LogP contribution in [-0.2, 0) is 17.6 Å². The third-order valence-corrected chi connectivity index (χ3v) is 4.71. The molecule has 0 spiro atoms. The van der Waals surface area contributed by atoms with Crippen LogP contribution in [0.25, 0.3) is 0 Å². The zero-order chi connectivity index (χ0) is 16.6. The van der Waals surface area contributed by atoms with E-state index in [1.54, 1.807) is 17.5 Å². The fraction of sp³-hybridized carbons (Fsp3) is 0.200. The molecule has 1 heterocycles. The summed E-state index contributed by atoms with van der Waals surface area (Å²) in [5, 5.41) is 2.96. The molecule has 24 heavy (non-hydrogen) atoms. The highest BCUT2D eigenvalue weighted by Gasteiger charge is 2.16. The first-order valence-electron chi connectivity index (χ1n) is 8.10. The first-order valence-corrected chi connectivity index (χ1v) is 8.98. The fourth-order valence-corrected chi connectivity index (χ4v) is 3.24. The number of anilines is 1. The first-order chi connectivity index (χ1) is 11.8.